The first-order chi connectivity index (χ1) is 8.84. The fourth-order valence-electron chi connectivity index (χ4n) is 2.36. The molecule has 0 aliphatic carbocycles. The van der Waals surface area contributed by atoms with Gasteiger partial charge < -0.3 is 9.47 Å². The van der Waals surface area contributed by atoms with Crippen molar-refractivity contribution in [2.45, 2.75) is 58.4 Å². The zero-order chi connectivity index (χ0) is 14.5. The molecule has 0 aromatic heterocycles. The van der Waals surface area contributed by atoms with Gasteiger partial charge in [0.1, 0.15) is 12.5 Å². The molecule has 0 N–H and O–H groups in total. The summed E-state index contributed by atoms with van der Waals surface area (Å²) in [6.07, 6.45) is 1.63. The van der Waals surface area contributed by atoms with E-state index in [0.29, 0.717) is 0 Å². The van der Waals surface area contributed by atoms with Gasteiger partial charge in [-0.15, -0.1) is 0 Å². The van der Waals surface area contributed by atoms with Crippen molar-refractivity contribution in [1.29, 1.82) is 0 Å². The summed E-state index contributed by atoms with van der Waals surface area (Å²) in [5, 5.41) is 0. The molecule has 0 bridgehead atoms. The predicted octanol–water partition coefficient (Wildman–Crippen LogP) is 2.84. The summed E-state index contributed by atoms with van der Waals surface area (Å²) in [5.41, 5.74) is 3.54. The maximum absolute atomic E-state index is 11.6. The van der Waals surface area contributed by atoms with Gasteiger partial charge in [0, 0.05) is 0 Å². The molecule has 0 amide bonds. The van der Waals surface area contributed by atoms with E-state index in [0.717, 1.165) is 6.42 Å². The first-order valence-corrected chi connectivity index (χ1v) is 10.2. The molecule has 1 rings (SSSR count). The molecule has 108 valence electrons. The van der Waals surface area contributed by atoms with Crippen molar-refractivity contribution in [3.63, 3.8) is 0 Å². The van der Waals surface area contributed by atoms with Gasteiger partial charge in [-0.1, -0.05) is 31.3 Å². The van der Waals surface area contributed by atoms with Crippen molar-refractivity contribution >= 4 is 20.0 Å². The number of hydrogen-bond acceptors (Lipinski definition) is 4. The van der Waals surface area contributed by atoms with E-state index in [9.17, 15) is 9.59 Å². The maximum atomic E-state index is 11.6. The summed E-state index contributed by atoms with van der Waals surface area (Å²) in [4.78, 5) is 22.8. The molecule has 0 spiro atoms. The standard InChI is InChI=1S/C14H24O4Si/c1-5-17-13(15)9-14(16)18-11(2)12-7-6-8-19(3,4)10-12/h10-11H,5-9H2,1-4H3. The molecule has 4 nitrogen and oxygen atoms in total. The fraction of sp³-hybridized carbons (Fsp3) is 0.714. The Hall–Kier alpha value is -1.10. The topological polar surface area (TPSA) is 52.6 Å². The van der Waals surface area contributed by atoms with Crippen LogP contribution >= 0.6 is 0 Å². The quantitative estimate of drug-likeness (QED) is 0.442. The minimum absolute atomic E-state index is 0.228. The molecular formula is C14H24O4Si. The Morgan fingerprint density at radius 2 is 2.05 bits per heavy atom. The number of ether oxygens (including phenoxy) is 2. The van der Waals surface area contributed by atoms with Crippen molar-refractivity contribution < 1.29 is 19.1 Å². The summed E-state index contributed by atoms with van der Waals surface area (Å²) in [6.45, 7) is 8.52. The first-order valence-electron chi connectivity index (χ1n) is 6.91. The van der Waals surface area contributed by atoms with Crippen molar-refractivity contribution in [2.24, 2.45) is 0 Å². The highest BCUT2D eigenvalue weighted by molar-refractivity contribution is 6.82. The van der Waals surface area contributed by atoms with E-state index in [2.05, 4.69) is 18.8 Å². The van der Waals surface area contributed by atoms with Gasteiger partial charge in [0.15, 0.2) is 0 Å². The smallest absolute Gasteiger partial charge is 0.317 e. The number of carbonyl (C=O) groups excluding carboxylic acids is 2. The van der Waals surface area contributed by atoms with Crippen LogP contribution in [0.4, 0.5) is 0 Å². The van der Waals surface area contributed by atoms with Crippen molar-refractivity contribution in [2.75, 3.05) is 6.61 Å². The second kappa shape index (κ2) is 6.89. The van der Waals surface area contributed by atoms with Gasteiger partial charge in [0.25, 0.3) is 0 Å². The Morgan fingerprint density at radius 1 is 1.37 bits per heavy atom. The third-order valence-corrected chi connectivity index (χ3v) is 6.08. The van der Waals surface area contributed by atoms with Crippen LogP contribution in [0.1, 0.15) is 33.1 Å². The van der Waals surface area contributed by atoms with Crippen LogP contribution < -0.4 is 0 Å². The van der Waals surface area contributed by atoms with Gasteiger partial charge in [0.05, 0.1) is 14.7 Å². The molecule has 1 aliphatic heterocycles. The van der Waals surface area contributed by atoms with Gasteiger partial charge >= 0.3 is 11.9 Å². The Labute approximate surface area is 116 Å². The zero-order valence-corrected chi connectivity index (χ0v) is 13.3. The Kier molecular flexibility index (Phi) is 5.78. The summed E-state index contributed by atoms with van der Waals surface area (Å²) in [5.74, 6) is -1.02. The Balaban J connectivity index is 2.50. The minimum Gasteiger partial charge on any atom is -0.466 e. The van der Waals surface area contributed by atoms with Gasteiger partial charge in [0.2, 0.25) is 0 Å². The summed E-state index contributed by atoms with van der Waals surface area (Å²) in [6, 6.07) is 1.29. The van der Waals surface area contributed by atoms with E-state index < -0.39 is 20.0 Å². The molecule has 0 radical (unpaired) electrons. The Morgan fingerprint density at radius 3 is 2.63 bits per heavy atom. The lowest BCUT2D eigenvalue weighted by atomic mass is 10.1. The van der Waals surface area contributed by atoms with Crippen LogP contribution in [-0.2, 0) is 19.1 Å². The largest absolute Gasteiger partial charge is 0.466 e. The maximum Gasteiger partial charge on any atom is 0.317 e. The van der Waals surface area contributed by atoms with Crippen LogP contribution in [0.2, 0.25) is 19.1 Å². The molecular weight excluding hydrogens is 260 g/mol. The monoisotopic (exact) mass is 284 g/mol. The third kappa shape index (κ3) is 5.59. The second-order valence-electron chi connectivity index (χ2n) is 5.68. The lowest BCUT2D eigenvalue weighted by Crippen LogP contribution is -2.30. The van der Waals surface area contributed by atoms with Gasteiger partial charge in [-0.2, -0.15) is 0 Å². The van der Waals surface area contributed by atoms with Gasteiger partial charge in [-0.3, -0.25) is 9.59 Å². The average molecular weight is 284 g/mol. The summed E-state index contributed by atoms with van der Waals surface area (Å²) >= 11 is 0. The summed E-state index contributed by atoms with van der Waals surface area (Å²) < 4.78 is 10.0. The third-order valence-electron chi connectivity index (χ3n) is 3.29. The van der Waals surface area contributed by atoms with E-state index in [1.807, 2.05) is 6.92 Å². The molecule has 1 atom stereocenters. The van der Waals surface area contributed by atoms with E-state index in [-0.39, 0.29) is 19.1 Å². The zero-order valence-electron chi connectivity index (χ0n) is 12.3. The average Bonchev–Trinajstić information content (AvgIpc) is 2.27. The van der Waals surface area contributed by atoms with Crippen molar-refractivity contribution in [1.82, 2.24) is 0 Å². The highest BCUT2D eigenvalue weighted by Crippen LogP contribution is 2.28. The number of rotatable bonds is 5. The van der Waals surface area contributed by atoms with Crippen LogP contribution in [0.3, 0.4) is 0 Å². The van der Waals surface area contributed by atoms with E-state index in [1.165, 1.54) is 18.0 Å². The van der Waals surface area contributed by atoms with Crippen LogP contribution in [0.5, 0.6) is 0 Å². The molecule has 1 heterocycles. The first kappa shape index (κ1) is 16.0. The molecule has 0 aromatic carbocycles. The molecule has 0 fully saturated rings. The minimum atomic E-state index is -1.26. The second-order valence-corrected chi connectivity index (χ2v) is 10.4. The summed E-state index contributed by atoms with van der Waals surface area (Å²) in [7, 11) is -1.26. The molecule has 1 aliphatic rings. The molecule has 0 saturated heterocycles. The fourth-order valence-corrected chi connectivity index (χ4v) is 4.97. The highest BCUT2D eigenvalue weighted by atomic mass is 28.3. The molecule has 1 unspecified atom stereocenters. The molecule has 0 saturated carbocycles. The van der Waals surface area contributed by atoms with Crippen molar-refractivity contribution in [3.8, 4) is 0 Å². The van der Waals surface area contributed by atoms with E-state index in [1.54, 1.807) is 6.92 Å². The van der Waals surface area contributed by atoms with Crippen molar-refractivity contribution in [3.05, 3.63) is 11.3 Å². The molecule has 0 aromatic rings. The Bertz CT molecular complexity index is 374. The van der Waals surface area contributed by atoms with Gasteiger partial charge in [-0.05, 0) is 25.8 Å². The van der Waals surface area contributed by atoms with Gasteiger partial charge in [-0.25, -0.2) is 0 Å². The number of carbonyl (C=O) groups is 2. The highest BCUT2D eigenvalue weighted by Gasteiger charge is 2.26. The number of esters is 2. The van der Waals surface area contributed by atoms with Crippen LogP contribution in [0.25, 0.3) is 0 Å². The van der Waals surface area contributed by atoms with Crippen LogP contribution in [-0.4, -0.2) is 32.7 Å². The lowest BCUT2D eigenvalue weighted by Gasteiger charge is -2.28. The lowest BCUT2D eigenvalue weighted by molar-refractivity contribution is -0.156. The van der Waals surface area contributed by atoms with Crippen LogP contribution in [0, 0.1) is 0 Å². The van der Waals surface area contributed by atoms with E-state index >= 15 is 0 Å². The normalized spacial score (nSPS) is 19.3. The predicted molar refractivity (Wildman–Crippen MR) is 76.4 cm³/mol. The molecule has 19 heavy (non-hydrogen) atoms. The molecule has 5 heteroatoms. The van der Waals surface area contributed by atoms with E-state index in [4.69, 9.17) is 9.47 Å². The number of hydrogen-bond donors (Lipinski definition) is 0. The SMILES string of the molecule is CCOC(=O)CC(=O)OC(C)C1=C[Si](C)(C)CCC1. The van der Waals surface area contributed by atoms with Crippen LogP contribution in [0.15, 0.2) is 11.3 Å².